The zero-order valence-electron chi connectivity index (χ0n) is 33.0. The highest BCUT2D eigenvalue weighted by atomic mass is 16.5. The number of ketones is 1. The maximum absolute atomic E-state index is 14.6. The summed E-state index contributed by atoms with van der Waals surface area (Å²) in [4.78, 5) is 96.0. The average molecular weight is 733 g/mol. The van der Waals surface area contributed by atoms with Gasteiger partial charge >= 0.3 is 6.09 Å². The topological polar surface area (TPSA) is 192 Å². The molecule has 0 bridgehead atoms. The van der Waals surface area contributed by atoms with Crippen LogP contribution < -0.4 is 26.6 Å². The SMILES string of the molecule is CCC[C@H](NC(=O)[C@@H]1[C@@H](C)[C@@H](C)CN1C(=O)[C@@H](NC(=O)C(NC(=O)[C@H](NC(=O)OC)C(C)(C)C)C1CCCCC1)C(C)(C)C)C(=O)C(=O)NC1CC1. The first-order valence-electron chi connectivity index (χ1n) is 19.1. The summed E-state index contributed by atoms with van der Waals surface area (Å²) in [6.07, 6.45) is 5.90. The standard InChI is InChI=1S/C38H64N6O8/c1-11-15-25(28(45)33(48)39-24-18-19-24)40-32(47)27-22(3)21(2)20-44(27)35(50)30(38(7,8)9)42-31(46)26(23-16-13-12-14-17-23)41-34(49)29(37(4,5)6)43-36(51)52-10/h21-27,29-30H,11-20H2,1-10H3,(H,39,48)(H,40,47)(H,41,49)(H,42,46)(H,43,51)/t21-,22-,25-,26?,27-,29-,30+/m0/s1. The third kappa shape index (κ3) is 11.1. The lowest BCUT2D eigenvalue weighted by molar-refractivity contribution is -0.146. The summed E-state index contributed by atoms with van der Waals surface area (Å²) in [5.74, 6) is -3.98. The van der Waals surface area contributed by atoms with Gasteiger partial charge in [0.15, 0.2) is 0 Å². The third-order valence-corrected chi connectivity index (χ3v) is 10.8. The molecule has 2 saturated carbocycles. The molecule has 7 atom stereocenters. The van der Waals surface area contributed by atoms with Crippen molar-refractivity contribution in [1.82, 2.24) is 31.5 Å². The molecule has 0 aromatic carbocycles. The van der Waals surface area contributed by atoms with Crippen molar-refractivity contribution in [2.24, 2.45) is 28.6 Å². The van der Waals surface area contributed by atoms with Gasteiger partial charge in [0.2, 0.25) is 29.4 Å². The Labute approximate surface area is 309 Å². The summed E-state index contributed by atoms with van der Waals surface area (Å²) in [5, 5.41) is 14.0. The second-order valence-electron chi connectivity index (χ2n) is 17.4. The number of alkyl carbamates (subject to hydrolysis) is 1. The summed E-state index contributed by atoms with van der Waals surface area (Å²) in [6, 6.07) is -5.03. The zero-order valence-corrected chi connectivity index (χ0v) is 33.0. The van der Waals surface area contributed by atoms with Crippen molar-refractivity contribution in [1.29, 1.82) is 0 Å². The van der Waals surface area contributed by atoms with Crippen LogP contribution in [0.1, 0.15) is 120 Å². The Morgan fingerprint density at radius 3 is 1.88 bits per heavy atom. The van der Waals surface area contributed by atoms with Crippen LogP contribution in [0.25, 0.3) is 0 Å². The molecule has 1 heterocycles. The first-order chi connectivity index (χ1) is 24.2. The van der Waals surface area contributed by atoms with E-state index in [-0.39, 0.29) is 36.8 Å². The van der Waals surface area contributed by atoms with Crippen molar-refractivity contribution in [3.8, 4) is 0 Å². The Morgan fingerprint density at radius 2 is 1.37 bits per heavy atom. The van der Waals surface area contributed by atoms with Gasteiger partial charge in [-0.3, -0.25) is 28.8 Å². The van der Waals surface area contributed by atoms with Gasteiger partial charge in [0.1, 0.15) is 24.2 Å². The molecule has 3 rings (SSSR count). The minimum absolute atomic E-state index is 0.00902. The van der Waals surface area contributed by atoms with Gasteiger partial charge in [-0.15, -0.1) is 0 Å². The van der Waals surface area contributed by atoms with E-state index in [9.17, 15) is 33.6 Å². The van der Waals surface area contributed by atoms with E-state index in [1.54, 1.807) is 20.8 Å². The van der Waals surface area contributed by atoms with Crippen LogP contribution in [0.4, 0.5) is 4.79 Å². The van der Waals surface area contributed by atoms with Gasteiger partial charge in [0.25, 0.3) is 5.91 Å². The Balaban J connectivity index is 1.88. The van der Waals surface area contributed by atoms with Crippen molar-refractivity contribution in [3.05, 3.63) is 0 Å². The predicted molar refractivity (Wildman–Crippen MR) is 196 cm³/mol. The van der Waals surface area contributed by atoms with E-state index < -0.39 is 82.5 Å². The number of nitrogens with one attached hydrogen (secondary N) is 5. The molecule has 3 aliphatic rings. The summed E-state index contributed by atoms with van der Waals surface area (Å²) in [6.45, 7) is 16.8. The molecule has 0 spiro atoms. The molecule has 2 aliphatic carbocycles. The first-order valence-corrected chi connectivity index (χ1v) is 19.1. The van der Waals surface area contributed by atoms with Crippen molar-refractivity contribution in [3.63, 3.8) is 0 Å². The number of rotatable bonds is 14. The van der Waals surface area contributed by atoms with Gasteiger partial charge in [-0.1, -0.05) is 88.0 Å². The smallest absolute Gasteiger partial charge is 0.407 e. The van der Waals surface area contributed by atoms with Crippen LogP contribution >= 0.6 is 0 Å². The van der Waals surface area contributed by atoms with Gasteiger partial charge in [0.05, 0.1) is 13.2 Å². The summed E-state index contributed by atoms with van der Waals surface area (Å²) in [5.41, 5.74) is -1.51. The van der Waals surface area contributed by atoms with Crippen LogP contribution in [0.5, 0.6) is 0 Å². The van der Waals surface area contributed by atoms with Crippen LogP contribution in [0, 0.1) is 28.6 Å². The van der Waals surface area contributed by atoms with Crippen LogP contribution in [0.3, 0.4) is 0 Å². The molecular formula is C38H64N6O8. The van der Waals surface area contributed by atoms with Gasteiger partial charge in [0, 0.05) is 12.6 Å². The Bertz CT molecular complexity index is 1330. The monoisotopic (exact) mass is 732 g/mol. The second-order valence-corrected chi connectivity index (χ2v) is 17.4. The lowest BCUT2D eigenvalue weighted by atomic mass is 9.81. The van der Waals surface area contributed by atoms with E-state index in [0.717, 1.165) is 32.1 Å². The minimum Gasteiger partial charge on any atom is -0.453 e. The summed E-state index contributed by atoms with van der Waals surface area (Å²) >= 11 is 0. The quantitative estimate of drug-likeness (QED) is 0.168. The van der Waals surface area contributed by atoms with Gasteiger partial charge in [-0.25, -0.2) is 4.79 Å². The van der Waals surface area contributed by atoms with Gasteiger partial charge in [-0.2, -0.15) is 0 Å². The fourth-order valence-electron chi connectivity index (χ4n) is 7.25. The molecule has 3 fully saturated rings. The number of methoxy groups -OCH3 is 1. The van der Waals surface area contributed by atoms with E-state index in [1.165, 1.54) is 12.0 Å². The Hall–Kier alpha value is -3.71. The highest BCUT2D eigenvalue weighted by Gasteiger charge is 2.49. The number of likely N-dealkylation sites (tertiary alicyclic amines) is 1. The van der Waals surface area contributed by atoms with Crippen molar-refractivity contribution in [2.45, 2.75) is 156 Å². The zero-order chi connectivity index (χ0) is 39.1. The molecule has 294 valence electrons. The lowest BCUT2D eigenvalue weighted by Gasteiger charge is -2.38. The minimum atomic E-state index is -1.07. The van der Waals surface area contributed by atoms with Crippen molar-refractivity contribution >= 4 is 41.4 Å². The molecule has 14 nitrogen and oxygen atoms in total. The second kappa shape index (κ2) is 17.9. The first kappa shape index (κ1) is 42.7. The van der Waals surface area contributed by atoms with Crippen LogP contribution in [-0.2, 0) is 33.5 Å². The highest BCUT2D eigenvalue weighted by molar-refractivity contribution is 6.38. The van der Waals surface area contributed by atoms with Crippen molar-refractivity contribution < 1.29 is 38.3 Å². The average Bonchev–Trinajstić information content (AvgIpc) is 3.84. The molecular weight excluding hydrogens is 668 g/mol. The Morgan fingerprint density at radius 1 is 0.769 bits per heavy atom. The number of ether oxygens (including phenoxy) is 1. The molecule has 1 saturated heterocycles. The number of nitrogens with zero attached hydrogens (tertiary/aromatic N) is 1. The van der Waals surface area contributed by atoms with Crippen LogP contribution in [0.2, 0.25) is 0 Å². The van der Waals surface area contributed by atoms with E-state index in [1.807, 2.05) is 41.5 Å². The number of Topliss-reactive ketones (excluding diaryl/α,β-unsaturated/α-hetero) is 1. The fraction of sp³-hybridized carbons (Fsp3) is 0.816. The molecule has 14 heteroatoms. The molecule has 0 aromatic heterocycles. The normalized spacial score (nSPS) is 23.3. The molecule has 52 heavy (non-hydrogen) atoms. The maximum atomic E-state index is 14.6. The Kier molecular flexibility index (Phi) is 14.7. The predicted octanol–water partition coefficient (Wildman–Crippen LogP) is 2.97. The number of amides is 6. The molecule has 6 amide bonds. The maximum Gasteiger partial charge on any atom is 0.407 e. The highest BCUT2D eigenvalue weighted by Crippen LogP contribution is 2.34. The summed E-state index contributed by atoms with van der Waals surface area (Å²) in [7, 11) is 1.21. The van der Waals surface area contributed by atoms with E-state index >= 15 is 0 Å². The molecule has 5 N–H and O–H groups in total. The number of hydrogen-bond acceptors (Lipinski definition) is 8. The third-order valence-electron chi connectivity index (χ3n) is 10.8. The summed E-state index contributed by atoms with van der Waals surface area (Å²) < 4.78 is 4.76. The largest absolute Gasteiger partial charge is 0.453 e. The molecule has 1 unspecified atom stereocenters. The number of carbonyl (C=O) groups excluding carboxylic acids is 7. The van der Waals surface area contributed by atoms with Gasteiger partial charge in [-0.05, 0) is 60.7 Å². The molecule has 0 radical (unpaired) electrons. The van der Waals surface area contributed by atoms with Crippen LogP contribution in [0.15, 0.2) is 0 Å². The number of hydrogen-bond donors (Lipinski definition) is 5. The fourth-order valence-corrected chi connectivity index (χ4v) is 7.25. The number of carbonyl (C=O) groups is 7. The van der Waals surface area contributed by atoms with Crippen molar-refractivity contribution in [2.75, 3.05) is 13.7 Å². The molecule has 1 aliphatic heterocycles. The van der Waals surface area contributed by atoms with Crippen LogP contribution in [-0.4, -0.2) is 96.2 Å². The van der Waals surface area contributed by atoms with Gasteiger partial charge < -0.3 is 36.2 Å². The lowest BCUT2D eigenvalue weighted by Crippen LogP contribution is -2.63. The molecule has 0 aromatic rings. The van der Waals surface area contributed by atoms with E-state index in [2.05, 4.69) is 26.6 Å². The van der Waals surface area contributed by atoms with E-state index in [4.69, 9.17) is 4.74 Å². The van der Waals surface area contributed by atoms with E-state index in [0.29, 0.717) is 19.3 Å².